The second-order valence-electron chi connectivity index (χ2n) is 6.13. The Labute approximate surface area is 148 Å². The third-order valence-electron chi connectivity index (χ3n) is 3.48. The Balaban J connectivity index is 2.05. The fourth-order valence-electron chi connectivity index (χ4n) is 2.10. The van der Waals surface area contributed by atoms with E-state index >= 15 is 0 Å². The van der Waals surface area contributed by atoms with Gasteiger partial charge >= 0.3 is 0 Å². The lowest BCUT2D eigenvalue weighted by Crippen LogP contribution is -2.09. The quantitative estimate of drug-likeness (QED) is 0.771. The number of hydrogen-bond acceptors (Lipinski definition) is 4. The van der Waals surface area contributed by atoms with Gasteiger partial charge in [0.1, 0.15) is 0 Å². The SMILES string of the molecule is COc1cc(C=CC(=O)Nc2cnccc2C)ccc1OCC(C)C. The highest BCUT2D eigenvalue weighted by Crippen LogP contribution is 2.29. The number of aryl methyl sites for hydroxylation is 1. The molecule has 0 saturated carbocycles. The Hall–Kier alpha value is -2.82. The van der Waals surface area contributed by atoms with Gasteiger partial charge in [0.05, 0.1) is 25.6 Å². The number of benzene rings is 1. The highest BCUT2D eigenvalue weighted by molar-refractivity contribution is 6.02. The average molecular weight is 340 g/mol. The number of nitrogens with zero attached hydrogens (tertiary/aromatic N) is 1. The summed E-state index contributed by atoms with van der Waals surface area (Å²) in [7, 11) is 1.60. The molecule has 0 aliphatic rings. The zero-order chi connectivity index (χ0) is 18.2. The van der Waals surface area contributed by atoms with E-state index in [0.29, 0.717) is 29.7 Å². The number of rotatable bonds is 7. The van der Waals surface area contributed by atoms with Crippen LogP contribution in [0.3, 0.4) is 0 Å². The molecule has 0 saturated heterocycles. The molecular weight excluding hydrogens is 316 g/mol. The molecule has 5 nitrogen and oxygen atoms in total. The lowest BCUT2D eigenvalue weighted by Gasteiger charge is -2.12. The Kier molecular flexibility index (Phi) is 6.57. The molecule has 1 aromatic carbocycles. The minimum Gasteiger partial charge on any atom is -0.493 e. The van der Waals surface area contributed by atoms with E-state index in [-0.39, 0.29) is 5.91 Å². The van der Waals surface area contributed by atoms with Crippen molar-refractivity contribution in [1.82, 2.24) is 4.98 Å². The summed E-state index contributed by atoms with van der Waals surface area (Å²) in [5.41, 5.74) is 2.52. The monoisotopic (exact) mass is 340 g/mol. The van der Waals surface area contributed by atoms with Gasteiger partial charge in [-0.2, -0.15) is 0 Å². The molecule has 132 valence electrons. The molecule has 0 atom stereocenters. The van der Waals surface area contributed by atoms with Gasteiger partial charge in [-0.1, -0.05) is 19.9 Å². The minimum atomic E-state index is -0.213. The Bertz CT molecular complexity index is 754. The smallest absolute Gasteiger partial charge is 0.248 e. The van der Waals surface area contributed by atoms with Crippen molar-refractivity contribution >= 4 is 17.7 Å². The number of carbonyl (C=O) groups is 1. The average Bonchev–Trinajstić information content (AvgIpc) is 2.60. The molecule has 0 bridgehead atoms. The molecule has 1 N–H and O–H groups in total. The van der Waals surface area contributed by atoms with Crippen molar-refractivity contribution in [1.29, 1.82) is 0 Å². The normalized spacial score (nSPS) is 10.9. The highest BCUT2D eigenvalue weighted by Gasteiger charge is 2.06. The molecule has 1 amide bonds. The van der Waals surface area contributed by atoms with E-state index in [0.717, 1.165) is 11.1 Å². The van der Waals surface area contributed by atoms with Crippen LogP contribution in [0.15, 0.2) is 42.7 Å². The van der Waals surface area contributed by atoms with E-state index in [1.807, 2.05) is 31.2 Å². The van der Waals surface area contributed by atoms with Crippen molar-refractivity contribution in [3.63, 3.8) is 0 Å². The molecule has 0 aliphatic carbocycles. The first-order valence-electron chi connectivity index (χ1n) is 8.20. The predicted octanol–water partition coefficient (Wildman–Crippen LogP) is 4.09. The summed E-state index contributed by atoms with van der Waals surface area (Å²) in [6.07, 6.45) is 6.53. The number of methoxy groups -OCH3 is 1. The topological polar surface area (TPSA) is 60.5 Å². The van der Waals surface area contributed by atoms with Crippen LogP contribution in [-0.4, -0.2) is 24.6 Å². The zero-order valence-corrected chi connectivity index (χ0v) is 15.1. The summed E-state index contributed by atoms with van der Waals surface area (Å²) in [5, 5.41) is 2.81. The number of amides is 1. The minimum absolute atomic E-state index is 0.213. The number of anilines is 1. The fraction of sp³-hybridized carbons (Fsp3) is 0.300. The van der Waals surface area contributed by atoms with Crippen LogP contribution in [0.4, 0.5) is 5.69 Å². The Morgan fingerprint density at radius 3 is 2.76 bits per heavy atom. The third kappa shape index (κ3) is 5.64. The van der Waals surface area contributed by atoms with E-state index in [1.165, 1.54) is 6.08 Å². The molecule has 0 radical (unpaired) electrons. The lowest BCUT2D eigenvalue weighted by atomic mass is 10.1. The molecule has 0 spiro atoms. The molecule has 25 heavy (non-hydrogen) atoms. The molecule has 5 heteroatoms. The summed E-state index contributed by atoms with van der Waals surface area (Å²) < 4.78 is 11.1. The Morgan fingerprint density at radius 1 is 1.28 bits per heavy atom. The largest absolute Gasteiger partial charge is 0.493 e. The molecular formula is C20H24N2O3. The van der Waals surface area contributed by atoms with Crippen molar-refractivity contribution in [3.05, 3.63) is 53.9 Å². The van der Waals surface area contributed by atoms with Gasteiger partial charge < -0.3 is 14.8 Å². The van der Waals surface area contributed by atoms with Crippen LogP contribution in [0, 0.1) is 12.8 Å². The summed E-state index contributed by atoms with van der Waals surface area (Å²) in [4.78, 5) is 16.1. The number of nitrogens with one attached hydrogen (secondary N) is 1. The number of hydrogen-bond donors (Lipinski definition) is 1. The number of aromatic nitrogens is 1. The summed E-state index contributed by atoms with van der Waals surface area (Å²) in [5.74, 6) is 1.56. The van der Waals surface area contributed by atoms with Crippen molar-refractivity contribution in [3.8, 4) is 11.5 Å². The van der Waals surface area contributed by atoms with Crippen LogP contribution in [0.5, 0.6) is 11.5 Å². The first-order chi connectivity index (χ1) is 12.0. The standard InChI is InChI=1S/C20H24N2O3/c1-14(2)13-25-18-7-5-16(11-19(18)24-4)6-8-20(23)22-17-12-21-10-9-15(17)3/h5-12,14H,13H2,1-4H3,(H,22,23). The van der Waals surface area contributed by atoms with Crippen LogP contribution >= 0.6 is 0 Å². The second-order valence-corrected chi connectivity index (χ2v) is 6.13. The van der Waals surface area contributed by atoms with E-state index < -0.39 is 0 Å². The second kappa shape index (κ2) is 8.87. The maximum atomic E-state index is 12.1. The van der Waals surface area contributed by atoms with E-state index in [1.54, 1.807) is 25.6 Å². The van der Waals surface area contributed by atoms with Crippen LogP contribution in [0.25, 0.3) is 6.08 Å². The first kappa shape index (κ1) is 18.5. The zero-order valence-electron chi connectivity index (χ0n) is 15.1. The summed E-state index contributed by atoms with van der Waals surface area (Å²) >= 11 is 0. The van der Waals surface area contributed by atoms with Gasteiger partial charge in [-0.05, 0) is 48.2 Å². The number of carbonyl (C=O) groups excluding carboxylic acids is 1. The number of ether oxygens (including phenoxy) is 2. The first-order valence-corrected chi connectivity index (χ1v) is 8.20. The van der Waals surface area contributed by atoms with Crippen molar-refractivity contribution < 1.29 is 14.3 Å². The molecule has 0 unspecified atom stereocenters. The maximum absolute atomic E-state index is 12.1. The van der Waals surface area contributed by atoms with Gasteiger partial charge in [-0.15, -0.1) is 0 Å². The van der Waals surface area contributed by atoms with Gasteiger partial charge in [-0.3, -0.25) is 9.78 Å². The van der Waals surface area contributed by atoms with Crippen LogP contribution in [-0.2, 0) is 4.79 Å². The molecule has 0 aliphatic heterocycles. The van der Waals surface area contributed by atoms with Gasteiger partial charge in [0.25, 0.3) is 0 Å². The van der Waals surface area contributed by atoms with Crippen molar-refractivity contribution in [2.45, 2.75) is 20.8 Å². The molecule has 2 rings (SSSR count). The summed E-state index contributed by atoms with van der Waals surface area (Å²) in [6.45, 7) is 6.72. The van der Waals surface area contributed by atoms with E-state index in [4.69, 9.17) is 9.47 Å². The molecule has 2 aromatic rings. The summed E-state index contributed by atoms with van der Waals surface area (Å²) in [6, 6.07) is 7.43. The van der Waals surface area contributed by atoms with Gasteiger partial charge in [0.2, 0.25) is 5.91 Å². The fourth-order valence-corrected chi connectivity index (χ4v) is 2.10. The van der Waals surface area contributed by atoms with Crippen LogP contribution in [0.2, 0.25) is 0 Å². The molecule has 1 heterocycles. The van der Waals surface area contributed by atoms with Crippen molar-refractivity contribution in [2.75, 3.05) is 19.0 Å². The molecule has 0 fully saturated rings. The lowest BCUT2D eigenvalue weighted by molar-refractivity contribution is -0.111. The highest BCUT2D eigenvalue weighted by atomic mass is 16.5. The predicted molar refractivity (Wildman–Crippen MR) is 100.0 cm³/mol. The maximum Gasteiger partial charge on any atom is 0.248 e. The van der Waals surface area contributed by atoms with E-state index in [2.05, 4.69) is 24.1 Å². The van der Waals surface area contributed by atoms with E-state index in [9.17, 15) is 4.79 Å². The van der Waals surface area contributed by atoms with Crippen LogP contribution < -0.4 is 14.8 Å². The van der Waals surface area contributed by atoms with Gasteiger partial charge in [-0.25, -0.2) is 0 Å². The van der Waals surface area contributed by atoms with Crippen LogP contribution in [0.1, 0.15) is 25.0 Å². The van der Waals surface area contributed by atoms with Gasteiger partial charge in [0.15, 0.2) is 11.5 Å². The van der Waals surface area contributed by atoms with Gasteiger partial charge in [0, 0.05) is 12.3 Å². The third-order valence-corrected chi connectivity index (χ3v) is 3.48. The van der Waals surface area contributed by atoms with Crippen molar-refractivity contribution in [2.24, 2.45) is 5.92 Å². The Morgan fingerprint density at radius 2 is 2.08 bits per heavy atom. The number of pyridine rings is 1. The molecule has 1 aromatic heterocycles.